The van der Waals surface area contributed by atoms with Crippen LogP contribution in [-0.2, 0) is 4.74 Å². The number of aliphatic hydroxyl groups excluding tert-OH is 1. The van der Waals surface area contributed by atoms with Crippen molar-refractivity contribution in [2.45, 2.75) is 55.3 Å². The van der Waals surface area contributed by atoms with Crippen molar-refractivity contribution in [3.8, 4) is 11.4 Å². The number of nitrogens with one attached hydrogen (secondary N) is 1. The lowest BCUT2D eigenvalue weighted by Crippen LogP contribution is -2.20. The second-order valence-electron chi connectivity index (χ2n) is 8.40. The van der Waals surface area contributed by atoms with E-state index in [2.05, 4.69) is 25.1 Å². The lowest BCUT2D eigenvalue weighted by Gasteiger charge is -2.13. The van der Waals surface area contributed by atoms with Crippen LogP contribution in [0.3, 0.4) is 0 Å². The summed E-state index contributed by atoms with van der Waals surface area (Å²) < 4.78 is 44.0. The van der Waals surface area contributed by atoms with E-state index in [1.165, 1.54) is 19.2 Å². The van der Waals surface area contributed by atoms with Crippen molar-refractivity contribution in [3.05, 3.63) is 36.5 Å². The van der Waals surface area contributed by atoms with Gasteiger partial charge in [-0.2, -0.15) is 17.7 Å². The topological polar surface area (TPSA) is 105 Å². The van der Waals surface area contributed by atoms with Gasteiger partial charge in [0.1, 0.15) is 0 Å². The number of halogens is 3. The largest absolute Gasteiger partial charge is 0.446 e. The average molecular weight is 500 g/mol. The van der Waals surface area contributed by atoms with Crippen LogP contribution in [0.1, 0.15) is 33.1 Å². The fourth-order valence-electron chi connectivity index (χ4n) is 3.42. The molecule has 3 aromatic rings. The van der Waals surface area contributed by atoms with E-state index in [1.54, 1.807) is 42.8 Å². The Morgan fingerprint density at radius 2 is 1.97 bits per heavy atom. The molecule has 0 spiro atoms. The number of benzene rings is 1. The summed E-state index contributed by atoms with van der Waals surface area (Å²) in [6.45, 7) is 3.33. The zero-order valence-corrected chi connectivity index (χ0v) is 19.9. The van der Waals surface area contributed by atoms with Crippen LogP contribution in [0, 0.1) is 5.92 Å². The zero-order chi connectivity index (χ0) is 24.9. The first-order valence-electron chi connectivity index (χ1n) is 10.7. The maximum absolute atomic E-state index is 12.6. The molecule has 1 aliphatic rings. The third-order valence-electron chi connectivity index (χ3n) is 5.21. The van der Waals surface area contributed by atoms with E-state index >= 15 is 0 Å². The van der Waals surface area contributed by atoms with Gasteiger partial charge in [0.15, 0.2) is 17.3 Å². The number of hydrogen-bond acceptors (Lipinski definition) is 8. The van der Waals surface area contributed by atoms with Gasteiger partial charge < -0.3 is 20.3 Å². The smallest absolute Gasteiger partial charge is 0.396 e. The van der Waals surface area contributed by atoms with E-state index in [1.807, 2.05) is 0 Å². The van der Waals surface area contributed by atoms with Gasteiger partial charge in [0, 0.05) is 42.5 Å². The lowest BCUT2D eigenvalue weighted by molar-refractivity contribution is -0.155. The number of aromatic nitrogens is 4. The van der Waals surface area contributed by atoms with E-state index in [0.29, 0.717) is 23.0 Å². The molecule has 1 saturated carbocycles. The molecule has 1 aromatic carbocycles. The van der Waals surface area contributed by atoms with Crippen molar-refractivity contribution in [1.29, 1.82) is 0 Å². The van der Waals surface area contributed by atoms with Crippen molar-refractivity contribution in [3.63, 3.8) is 0 Å². The summed E-state index contributed by atoms with van der Waals surface area (Å²) in [5.41, 5.74) is -3.29. The quantitative estimate of drug-likeness (QED) is 0.340. The highest BCUT2D eigenvalue weighted by Gasteiger charge is 2.29. The van der Waals surface area contributed by atoms with Crippen molar-refractivity contribution in [2.75, 3.05) is 19.0 Å². The molecule has 2 aromatic heterocycles. The predicted molar refractivity (Wildman–Crippen MR) is 123 cm³/mol. The fourth-order valence-corrected chi connectivity index (χ4v) is 4.02. The Kier molecular flexibility index (Phi) is 8.39. The zero-order valence-electron chi connectivity index (χ0n) is 19.1. The summed E-state index contributed by atoms with van der Waals surface area (Å²) in [5, 5.41) is 25.7. The molecular weight excluding hydrogens is 471 g/mol. The fraction of sp³-hybridized carbons (Fsp3) is 0.500. The molecule has 186 valence electrons. The number of fused-ring (bicyclic) bond motifs is 1. The van der Waals surface area contributed by atoms with Gasteiger partial charge in [0.25, 0.3) is 0 Å². The van der Waals surface area contributed by atoms with Crippen LogP contribution in [0.25, 0.3) is 17.0 Å². The van der Waals surface area contributed by atoms with Gasteiger partial charge in [-0.3, -0.25) is 0 Å². The molecule has 0 bridgehead atoms. The molecule has 2 atom stereocenters. The minimum atomic E-state index is -4.35. The van der Waals surface area contributed by atoms with Crippen molar-refractivity contribution in [2.24, 2.45) is 5.92 Å². The summed E-state index contributed by atoms with van der Waals surface area (Å²) in [4.78, 5) is 8.84. The van der Waals surface area contributed by atoms with Gasteiger partial charge >= 0.3 is 5.51 Å². The standard InChI is InChI=1S/C18H18F3N5OS.C4H10O2/c19-18(20,21)28-14-3-1-2-12(9-14)16-24-15-6-7-22-17(26(15)25-16)23-13-5-4-11(8-13)10-27;1-4(2,5)6-3/h1-3,6-7,9,11,13,27H,4-5,8,10H2,(H,22,23);5H,1-3H3. The van der Waals surface area contributed by atoms with Crippen LogP contribution >= 0.6 is 11.8 Å². The van der Waals surface area contributed by atoms with E-state index in [9.17, 15) is 18.3 Å². The SMILES string of the molecule is COC(C)(C)O.OCC1CCC(Nc2nccc3nc(-c4cccc(SC(F)(F)F)c4)nn23)C1. The Morgan fingerprint density at radius 1 is 1.24 bits per heavy atom. The second-order valence-corrected chi connectivity index (χ2v) is 9.54. The summed E-state index contributed by atoms with van der Waals surface area (Å²) in [7, 11) is 1.46. The second kappa shape index (κ2) is 10.9. The third-order valence-corrected chi connectivity index (χ3v) is 5.93. The van der Waals surface area contributed by atoms with E-state index < -0.39 is 11.3 Å². The summed E-state index contributed by atoms with van der Waals surface area (Å²) in [5.74, 6) is 0.192. The minimum absolute atomic E-state index is 0.0846. The Hall–Kier alpha value is -2.41. The van der Waals surface area contributed by atoms with E-state index in [0.717, 1.165) is 19.3 Å². The first-order chi connectivity index (χ1) is 16.0. The molecule has 4 rings (SSSR count). The third kappa shape index (κ3) is 7.55. The summed E-state index contributed by atoms with van der Waals surface area (Å²) in [6, 6.07) is 7.95. The Morgan fingerprint density at radius 3 is 2.59 bits per heavy atom. The molecule has 2 heterocycles. The molecule has 0 radical (unpaired) electrons. The van der Waals surface area contributed by atoms with Gasteiger partial charge in [0.2, 0.25) is 5.95 Å². The summed E-state index contributed by atoms with van der Waals surface area (Å²) in [6.07, 6.45) is 4.36. The van der Waals surface area contributed by atoms with Gasteiger partial charge in [-0.15, -0.1) is 5.10 Å². The number of nitrogens with zero attached hydrogens (tertiary/aromatic N) is 4. The number of anilines is 1. The molecule has 1 fully saturated rings. The molecule has 34 heavy (non-hydrogen) atoms. The Labute approximate surface area is 199 Å². The predicted octanol–water partition coefficient (Wildman–Crippen LogP) is 4.34. The minimum Gasteiger partial charge on any atom is -0.396 e. The maximum atomic E-state index is 12.6. The van der Waals surface area contributed by atoms with E-state index in [-0.39, 0.29) is 35.2 Å². The molecule has 2 unspecified atom stereocenters. The highest BCUT2D eigenvalue weighted by molar-refractivity contribution is 8.00. The maximum Gasteiger partial charge on any atom is 0.446 e. The van der Waals surface area contributed by atoms with Crippen LogP contribution in [0.2, 0.25) is 0 Å². The van der Waals surface area contributed by atoms with E-state index in [4.69, 9.17) is 5.11 Å². The number of rotatable bonds is 6. The molecule has 3 N–H and O–H groups in total. The van der Waals surface area contributed by atoms with Gasteiger partial charge in [-0.1, -0.05) is 12.1 Å². The number of methoxy groups -OCH3 is 1. The van der Waals surface area contributed by atoms with Crippen LogP contribution in [0.4, 0.5) is 19.1 Å². The van der Waals surface area contributed by atoms with Crippen LogP contribution in [0.15, 0.2) is 41.4 Å². The first-order valence-corrected chi connectivity index (χ1v) is 11.5. The van der Waals surface area contributed by atoms with Gasteiger partial charge in [-0.25, -0.2) is 9.97 Å². The summed E-state index contributed by atoms with van der Waals surface area (Å²) >= 11 is -0.164. The molecule has 0 saturated heterocycles. The normalized spacial score (nSPS) is 18.6. The highest BCUT2D eigenvalue weighted by Crippen LogP contribution is 2.38. The number of thioether (sulfide) groups is 1. The number of hydrogen-bond donors (Lipinski definition) is 3. The number of ether oxygens (including phenoxy) is 1. The molecular formula is C22H28F3N5O3S. The van der Waals surface area contributed by atoms with Crippen molar-refractivity contribution in [1.82, 2.24) is 19.6 Å². The lowest BCUT2D eigenvalue weighted by atomic mass is 10.1. The molecule has 1 aliphatic carbocycles. The van der Waals surface area contributed by atoms with Crippen LogP contribution in [-0.4, -0.2) is 60.8 Å². The monoisotopic (exact) mass is 499 g/mol. The number of alkyl halides is 3. The molecule has 0 aliphatic heterocycles. The van der Waals surface area contributed by atoms with Crippen LogP contribution < -0.4 is 5.32 Å². The van der Waals surface area contributed by atoms with Gasteiger partial charge in [0.05, 0.1) is 0 Å². The molecule has 8 nitrogen and oxygen atoms in total. The number of aliphatic hydroxyl groups is 2. The first kappa shape index (κ1) is 26.2. The van der Waals surface area contributed by atoms with Crippen molar-refractivity contribution >= 4 is 23.4 Å². The molecule has 12 heteroatoms. The van der Waals surface area contributed by atoms with Gasteiger partial charge in [-0.05, 0) is 62.9 Å². The Balaban J connectivity index is 0.000000481. The Bertz CT molecular complexity index is 1090. The van der Waals surface area contributed by atoms with Crippen LogP contribution in [0.5, 0.6) is 0 Å². The average Bonchev–Trinajstić information content (AvgIpc) is 3.40. The molecule has 0 amide bonds. The van der Waals surface area contributed by atoms with Crippen molar-refractivity contribution < 1.29 is 28.1 Å². The highest BCUT2D eigenvalue weighted by atomic mass is 32.2.